The molecule has 0 saturated heterocycles. The molecule has 2 N–H and O–H groups in total. The first-order valence-corrected chi connectivity index (χ1v) is 9.77. The van der Waals surface area contributed by atoms with Crippen molar-refractivity contribution in [3.8, 4) is 11.5 Å². The van der Waals surface area contributed by atoms with Gasteiger partial charge in [-0.25, -0.2) is 4.98 Å². The molecule has 0 saturated carbocycles. The van der Waals surface area contributed by atoms with Crippen LogP contribution in [0.25, 0.3) is 17.6 Å². The zero-order chi connectivity index (χ0) is 19.8. The lowest BCUT2D eigenvalue weighted by molar-refractivity contribution is 0.620. The Kier molecular flexibility index (Phi) is 4.09. The fourth-order valence-corrected chi connectivity index (χ4v) is 4.20. The normalized spacial score (nSPS) is 17.9. The Bertz CT molecular complexity index is 1140. The molecule has 5 nitrogen and oxygen atoms in total. The quantitative estimate of drug-likeness (QED) is 0.550. The highest BCUT2D eigenvalue weighted by Crippen LogP contribution is 2.43. The number of aromatic amines is 2. The summed E-state index contributed by atoms with van der Waals surface area (Å²) in [5.41, 5.74) is 6.59. The standard InChI is InChI=1S/C24H23N5/c1-29(2)19-10-8-18(9-11-19)24(17-6-4-3-5-7-17)13-12-20-21(16-24)27-28-22(20)23-25-14-15-26-23/h3-15H,16H2,1-2H3,(H,25,26)(H,27,28). The van der Waals surface area contributed by atoms with Crippen molar-refractivity contribution in [2.24, 2.45) is 0 Å². The van der Waals surface area contributed by atoms with Gasteiger partial charge in [-0.15, -0.1) is 0 Å². The zero-order valence-electron chi connectivity index (χ0n) is 16.6. The summed E-state index contributed by atoms with van der Waals surface area (Å²) in [6, 6.07) is 19.5. The highest BCUT2D eigenvalue weighted by atomic mass is 15.1. The third-order valence-electron chi connectivity index (χ3n) is 5.78. The number of nitrogens with one attached hydrogen (secondary N) is 2. The van der Waals surface area contributed by atoms with Crippen LogP contribution in [0.3, 0.4) is 0 Å². The first-order valence-electron chi connectivity index (χ1n) is 9.77. The van der Waals surface area contributed by atoms with E-state index in [1.807, 2.05) is 6.20 Å². The minimum absolute atomic E-state index is 0.244. The fraction of sp³-hybridized carbons (Fsp3) is 0.167. The molecular formula is C24H23N5. The molecule has 0 amide bonds. The lowest BCUT2D eigenvalue weighted by Crippen LogP contribution is -2.30. The third-order valence-corrected chi connectivity index (χ3v) is 5.78. The van der Waals surface area contributed by atoms with Crippen LogP contribution in [-0.4, -0.2) is 34.3 Å². The zero-order valence-corrected chi connectivity index (χ0v) is 16.6. The van der Waals surface area contributed by atoms with E-state index in [0.717, 1.165) is 29.2 Å². The van der Waals surface area contributed by atoms with Gasteiger partial charge in [0.15, 0.2) is 5.82 Å². The second kappa shape index (κ2) is 6.78. The van der Waals surface area contributed by atoms with E-state index >= 15 is 0 Å². The molecule has 2 aromatic heterocycles. The van der Waals surface area contributed by atoms with Crippen LogP contribution < -0.4 is 4.90 Å². The molecule has 29 heavy (non-hydrogen) atoms. The minimum Gasteiger partial charge on any atom is -0.378 e. The number of hydrogen-bond acceptors (Lipinski definition) is 3. The van der Waals surface area contributed by atoms with Crippen molar-refractivity contribution in [2.45, 2.75) is 11.8 Å². The summed E-state index contributed by atoms with van der Waals surface area (Å²) < 4.78 is 0. The molecule has 1 atom stereocenters. The lowest BCUT2D eigenvalue weighted by atomic mass is 9.68. The number of imidazole rings is 1. The van der Waals surface area contributed by atoms with Gasteiger partial charge in [-0.05, 0) is 23.3 Å². The maximum absolute atomic E-state index is 4.55. The summed E-state index contributed by atoms with van der Waals surface area (Å²) in [6.45, 7) is 0. The molecule has 4 aromatic rings. The maximum Gasteiger partial charge on any atom is 0.158 e. The molecule has 0 aliphatic heterocycles. The fourth-order valence-electron chi connectivity index (χ4n) is 4.20. The van der Waals surface area contributed by atoms with Gasteiger partial charge in [0, 0.05) is 55.3 Å². The number of anilines is 1. The van der Waals surface area contributed by atoms with Crippen LogP contribution in [0.5, 0.6) is 0 Å². The molecule has 5 rings (SSSR count). The predicted octanol–water partition coefficient (Wildman–Crippen LogP) is 4.42. The first-order chi connectivity index (χ1) is 14.2. The van der Waals surface area contributed by atoms with Crippen LogP contribution in [0.4, 0.5) is 5.69 Å². The number of nitrogens with zero attached hydrogens (tertiary/aromatic N) is 3. The van der Waals surface area contributed by atoms with Gasteiger partial charge in [0.2, 0.25) is 0 Å². The monoisotopic (exact) mass is 381 g/mol. The van der Waals surface area contributed by atoms with Crippen molar-refractivity contribution < 1.29 is 0 Å². The Balaban J connectivity index is 1.63. The van der Waals surface area contributed by atoms with Crippen molar-refractivity contribution in [1.82, 2.24) is 20.2 Å². The molecule has 2 aromatic carbocycles. The second-order valence-electron chi connectivity index (χ2n) is 7.69. The van der Waals surface area contributed by atoms with E-state index in [1.54, 1.807) is 6.20 Å². The average molecular weight is 381 g/mol. The Labute approximate surface area is 170 Å². The summed E-state index contributed by atoms with van der Waals surface area (Å²) in [6.07, 6.45) is 8.90. The van der Waals surface area contributed by atoms with Crippen molar-refractivity contribution in [1.29, 1.82) is 0 Å². The molecule has 1 unspecified atom stereocenters. The Morgan fingerprint density at radius 2 is 1.72 bits per heavy atom. The molecule has 5 heteroatoms. The predicted molar refractivity (Wildman–Crippen MR) is 117 cm³/mol. The molecule has 1 aliphatic rings. The van der Waals surface area contributed by atoms with Crippen molar-refractivity contribution in [3.05, 3.63) is 95.5 Å². The largest absolute Gasteiger partial charge is 0.378 e. The van der Waals surface area contributed by atoms with E-state index in [4.69, 9.17) is 0 Å². The van der Waals surface area contributed by atoms with E-state index in [9.17, 15) is 0 Å². The number of benzene rings is 2. The number of rotatable bonds is 4. The SMILES string of the molecule is CN(C)c1ccc(C2(c3ccccc3)C=Cc3c(-c4ncc[nH]4)n[nH]c3C2)cc1. The van der Waals surface area contributed by atoms with Gasteiger partial charge in [0.25, 0.3) is 0 Å². The van der Waals surface area contributed by atoms with E-state index in [1.165, 1.54) is 16.8 Å². The molecule has 0 bridgehead atoms. The molecule has 2 heterocycles. The van der Waals surface area contributed by atoms with Gasteiger partial charge >= 0.3 is 0 Å². The molecule has 144 valence electrons. The Morgan fingerprint density at radius 1 is 0.966 bits per heavy atom. The number of hydrogen-bond donors (Lipinski definition) is 2. The van der Waals surface area contributed by atoms with Gasteiger partial charge in [-0.1, -0.05) is 54.6 Å². The summed E-state index contributed by atoms with van der Waals surface area (Å²) in [4.78, 5) is 9.65. The molecule has 1 aliphatic carbocycles. The lowest BCUT2D eigenvalue weighted by Gasteiger charge is -2.34. The molecular weight excluding hydrogens is 358 g/mol. The summed E-state index contributed by atoms with van der Waals surface area (Å²) in [5, 5.41) is 7.82. The summed E-state index contributed by atoms with van der Waals surface area (Å²) >= 11 is 0. The number of allylic oxidation sites excluding steroid dienone is 1. The van der Waals surface area contributed by atoms with Gasteiger partial charge < -0.3 is 9.88 Å². The summed E-state index contributed by atoms with van der Waals surface area (Å²) in [5.74, 6) is 0.787. The van der Waals surface area contributed by atoms with E-state index in [-0.39, 0.29) is 5.41 Å². The van der Waals surface area contributed by atoms with E-state index in [0.29, 0.717) is 0 Å². The Hall–Kier alpha value is -3.60. The maximum atomic E-state index is 4.55. The van der Waals surface area contributed by atoms with Crippen LogP contribution in [0.2, 0.25) is 0 Å². The highest BCUT2D eigenvalue weighted by molar-refractivity contribution is 5.73. The topological polar surface area (TPSA) is 60.6 Å². The number of aromatic nitrogens is 4. The van der Waals surface area contributed by atoms with E-state index in [2.05, 4.69) is 106 Å². The molecule has 0 radical (unpaired) electrons. The highest BCUT2D eigenvalue weighted by Gasteiger charge is 2.36. The van der Waals surface area contributed by atoms with Crippen molar-refractivity contribution in [3.63, 3.8) is 0 Å². The average Bonchev–Trinajstić information content (AvgIpc) is 3.43. The molecule has 0 fully saturated rings. The van der Waals surface area contributed by atoms with Gasteiger partial charge in [0.1, 0.15) is 5.69 Å². The van der Waals surface area contributed by atoms with Crippen molar-refractivity contribution in [2.75, 3.05) is 19.0 Å². The number of fused-ring (bicyclic) bond motifs is 1. The van der Waals surface area contributed by atoms with Crippen LogP contribution >= 0.6 is 0 Å². The van der Waals surface area contributed by atoms with Crippen molar-refractivity contribution >= 4 is 11.8 Å². The molecule has 0 spiro atoms. The minimum atomic E-state index is -0.244. The van der Waals surface area contributed by atoms with Gasteiger partial charge in [0.05, 0.1) is 0 Å². The van der Waals surface area contributed by atoms with E-state index < -0.39 is 0 Å². The number of H-pyrrole nitrogens is 2. The third kappa shape index (κ3) is 2.86. The van der Waals surface area contributed by atoms with Gasteiger partial charge in [-0.3, -0.25) is 5.10 Å². The Morgan fingerprint density at radius 3 is 2.41 bits per heavy atom. The first kappa shape index (κ1) is 17.5. The van der Waals surface area contributed by atoms with Gasteiger partial charge in [-0.2, -0.15) is 5.10 Å². The van der Waals surface area contributed by atoms with Crippen LogP contribution in [0.15, 0.2) is 73.1 Å². The van der Waals surface area contributed by atoms with Crippen LogP contribution in [0.1, 0.15) is 22.4 Å². The smallest absolute Gasteiger partial charge is 0.158 e. The second-order valence-corrected chi connectivity index (χ2v) is 7.69. The van der Waals surface area contributed by atoms with Crippen LogP contribution in [0, 0.1) is 0 Å². The summed E-state index contributed by atoms with van der Waals surface area (Å²) in [7, 11) is 4.13. The van der Waals surface area contributed by atoms with Crippen LogP contribution in [-0.2, 0) is 11.8 Å².